The molecule has 0 amide bonds. The Morgan fingerprint density at radius 1 is 1.44 bits per heavy atom. The molecule has 1 fully saturated rings. The molecule has 0 aliphatic carbocycles. The minimum atomic E-state index is 0.610. The van der Waals surface area contributed by atoms with E-state index >= 15 is 0 Å². The molecular weight excluding hydrogens is 198 g/mol. The highest BCUT2D eigenvalue weighted by atomic mass is 15.1. The van der Waals surface area contributed by atoms with Crippen LogP contribution in [0.2, 0.25) is 0 Å². The van der Waals surface area contributed by atoms with Gasteiger partial charge in [-0.25, -0.2) is 4.98 Å². The molecular formula is C13H16N3. The topological polar surface area (TPSA) is 29.9 Å². The molecule has 1 aliphatic rings. The Morgan fingerprint density at radius 2 is 2.25 bits per heavy atom. The molecule has 3 heteroatoms. The first-order chi connectivity index (χ1) is 7.86. The van der Waals surface area contributed by atoms with Gasteiger partial charge in [0.2, 0.25) is 0 Å². The molecule has 3 rings (SSSR count). The predicted octanol–water partition coefficient (Wildman–Crippen LogP) is 1.84. The third kappa shape index (κ3) is 1.52. The smallest absolute Gasteiger partial charge is 0.112 e. The predicted molar refractivity (Wildman–Crippen MR) is 64.4 cm³/mol. The normalized spacial score (nSPS) is 18.1. The van der Waals surface area contributed by atoms with Crippen molar-refractivity contribution in [1.29, 1.82) is 0 Å². The zero-order chi connectivity index (χ0) is 11.0. The number of fused-ring (bicyclic) bond motifs is 1. The van der Waals surface area contributed by atoms with Crippen molar-refractivity contribution >= 4 is 11.0 Å². The Labute approximate surface area is 95.5 Å². The van der Waals surface area contributed by atoms with E-state index in [1.165, 1.54) is 24.2 Å². The van der Waals surface area contributed by atoms with E-state index < -0.39 is 0 Å². The minimum Gasteiger partial charge on any atom is -0.331 e. The zero-order valence-electron chi connectivity index (χ0n) is 9.53. The third-order valence-corrected chi connectivity index (χ3v) is 3.46. The summed E-state index contributed by atoms with van der Waals surface area (Å²) < 4.78 is 2.24. The number of piperidine rings is 1. The molecule has 0 spiro atoms. The fraction of sp³-hybridized carbons (Fsp3) is 0.462. The standard InChI is InChI=1S/C13H16N3/c1-16-12-5-3-2-4-11(12)15-13(16)10-6-8-14-9-7-10/h3-5,10,14H,6-9H2,1H3. The lowest BCUT2D eigenvalue weighted by Crippen LogP contribution is -2.27. The number of hydrogen-bond acceptors (Lipinski definition) is 2. The number of nitrogens with one attached hydrogen (secondary N) is 1. The van der Waals surface area contributed by atoms with Crippen LogP contribution in [-0.2, 0) is 7.05 Å². The van der Waals surface area contributed by atoms with Crippen LogP contribution in [0.3, 0.4) is 0 Å². The first kappa shape index (κ1) is 9.85. The Kier molecular flexibility index (Phi) is 2.40. The highest BCUT2D eigenvalue weighted by molar-refractivity contribution is 5.75. The van der Waals surface area contributed by atoms with E-state index in [2.05, 4.69) is 29.1 Å². The van der Waals surface area contributed by atoms with Gasteiger partial charge in [-0.15, -0.1) is 0 Å². The molecule has 3 nitrogen and oxygen atoms in total. The number of imidazole rings is 1. The van der Waals surface area contributed by atoms with E-state index in [1.807, 2.05) is 12.1 Å². The summed E-state index contributed by atoms with van der Waals surface area (Å²) in [5, 5.41) is 3.39. The number of nitrogens with zero attached hydrogens (tertiary/aromatic N) is 2. The summed E-state index contributed by atoms with van der Waals surface area (Å²) in [6.45, 7) is 2.22. The maximum Gasteiger partial charge on any atom is 0.112 e. The van der Waals surface area contributed by atoms with Gasteiger partial charge in [0.05, 0.1) is 11.0 Å². The van der Waals surface area contributed by atoms with Crippen LogP contribution in [0.15, 0.2) is 18.2 Å². The van der Waals surface area contributed by atoms with Crippen molar-refractivity contribution in [1.82, 2.24) is 14.9 Å². The summed E-state index contributed by atoms with van der Waals surface area (Å²) in [6.07, 6.45) is 2.39. The van der Waals surface area contributed by atoms with E-state index in [1.54, 1.807) is 0 Å². The van der Waals surface area contributed by atoms with Crippen molar-refractivity contribution in [3.8, 4) is 0 Å². The maximum atomic E-state index is 4.74. The summed E-state index contributed by atoms with van der Waals surface area (Å²) in [4.78, 5) is 4.74. The van der Waals surface area contributed by atoms with Crippen LogP contribution >= 0.6 is 0 Å². The Morgan fingerprint density at radius 3 is 3.00 bits per heavy atom. The van der Waals surface area contributed by atoms with Crippen LogP contribution in [0, 0.1) is 6.07 Å². The first-order valence-electron chi connectivity index (χ1n) is 5.89. The van der Waals surface area contributed by atoms with E-state index in [-0.39, 0.29) is 0 Å². The van der Waals surface area contributed by atoms with Gasteiger partial charge < -0.3 is 9.88 Å². The fourth-order valence-corrected chi connectivity index (χ4v) is 2.55. The van der Waals surface area contributed by atoms with Gasteiger partial charge in [-0.1, -0.05) is 6.07 Å². The molecule has 0 unspecified atom stereocenters. The quantitative estimate of drug-likeness (QED) is 0.785. The summed E-state index contributed by atoms with van der Waals surface area (Å²) >= 11 is 0. The number of rotatable bonds is 1. The van der Waals surface area contributed by atoms with E-state index in [4.69, 9.17) is 4.98 Å². The Hall–Kier alpha value is -1.35. The second-order valence-corrected chi connectivity index (χ2v) is 4.47. The number of hydrogen-bond donors (Lipinski definition) is 1. The van der Waals surface area contributed by atoms with Crippen LogP contribution in [0.4, 0.5) is 0 Å². The van der Waals surface area contributed by atoms with Gasteiger partial charge in [-0.3, -0.25) is 0 Å². The van der Waals surface area contributed by atoms with E-state index in [0.717, 1.165) is 18.6 Å². The molecule has 0 saturated carbocycles. The van der Waals surface area contributed by atoms with Crippen LogP contribution < -0.4 is 5.32 Å². The lowest BCUT2D eigenvalue weighted by molar-refractivity contribution is 0.438. The third-order valence-electron chi connectivity index (χ3n) is 3.46. The van der Waals surface area contributed by atoms with Gasteiger partial charge in [0.15, 0.2) is 0 Å². The van der Waals surface area contributed by atoms with Crippen molar-refractivity contribution in [3.05, 3.63) is 30.1 Å². The van der Waals surface area contributed by atoms with E-state index in [9.17, 15) is 0 Å². The summed E-state index contributed by atoms with van der Waals surface area (Å²) in [5.74, 6) is 1.84. The van der Waals surface area contributed by atoms with Crippen LogP contribution in [0.1, 0.15) is 24.6 Å². The number of benzene rings is 1. The van der Waals surface area contributed by atoms with Gasteiger partial charge in [0, 0.05) is 13.0 Å². The molecule has 2 aromatic rings. The molecule has 1 aromatic carbocycles. The monoisotopic (exact) mass is 214 g/mol. The summed E-state index contributed by atoms with van der Waals surface area (Å²) in [5.41, 5.74) is 2.28. The van der Waals surface area contributed by atoms with E-state index in [0.29, 0.717) is 5.92 Å². The molecule has 83 valence electrons. The largest absolute Gasteiger partial charge is 0.331 e. The maximum absolute atomic E-state index is 4.74. The van der Waals surface area contributed by atoms with Crippen molar-refractivity contribution < 1.29 is 0 Å². The molecule has 1 N–H and O–H groups in total. The van der Waals surface area contributed by atoms with Gasteiger partial charge in [0.1, 0.15) is 5.82 Å². The van der Waals surface area contributed by atoms with Crippen molar-refractivity contribution in [2.45, 2.75) is 18.8 Å². The van der Waals surface area contributed by atoms with Crippen LogP contribution in [0.25, 0.3) is 11.0 Å². The molecule has 2 heterocycles. The first-order valence-corrected chi connectivity index (χ1v) is 5.89. The van der Waals surface area contributed by atoms with Crippen LogP contribution in [0.5, 0.6) is 0 Å². The average molecular weight is 214 g/mol. The summed E-state index contributed by atoms with van der Waals surface area (Å²) in [7, 11) is 2.12. The molecule has 0 atom stereocenters. The highest BCUT2D eigenvalue weighted by Crippen LogP contribution is 2.26. The van der Waals surface area contributed by atoms with Gasteiger partial charge in [0.25, 0.3) is 0 Å². The lowest BCUT2D eigenvalue weighted by atomic mass is 9.97. The number of aromatic nitrogens is 2. The fourth-order valence-electron chi connectivity index (χ4n) is 2.55. The van der Waals surface area contributed by atoms with Crippen molar-refractivity contribution in [2.24, 2.45) is 7.05 Å². The number of aryl methyl sites for hydroxylation is 1. The van der Waals surface area contributed by atoms with Crippen molar-refractivity contribution in [3.63, 3.8) is 0 Å². The highest BCUT2D eigenvalue weighted by Gasteiger charge is 2.20. The molecule has 1 saturated heterocycles. The van der Waals surface area contributed by atoms with Gasteiger partial charge in [-0.05, 0) is 44.1 Å². The Balaban J connectivity index is 2.05. The average Bonchev–Trinajstić information content (AvgIpc) is 2.69. The Bertz CT molecular complexity index is 495. The second kappa shape index (κ2) is 3.91. The van der Waals surface area contributed by atoms with Gasteiger partial charge in [-0.2, -0.15) is 0 Å². The zero-order valence-corrected chi connectivity index (χ0v) is 9.53. The van der Waals surface area contributed by atoms with Crippen molar-refractivity contribution in [2.75, 3.05) is 13.1 Å². The summed E-state index contributed by atoms with van der Waals surface area (Å²) in [6, 6.07) is 9.11. The van der Waals surface area contributed by atoms with Gasteiger partial charge >= 0.3 is 0 Å². The molecule has 0 bridgehead atoms. The molecule has 1 aromatic heterocycles. The minimum absolute atomic E-state index is 0.610. The molecule has 1 aliphatic heterocycles. The lowest BCUT2D eigenvalue weighted by Gasteiger charge is -2.22. The SMILES string of the molecule is Cn1c(C2CCNCC2)nc2c[c]ccc21. The van der Waals surface area contributed by atoms with Crippen LogP contribution in [-0.4, -0.2) is 22.6 Å². The molecule has 1 radical (unpaired) electrons. The second-order valence-electron chi connectivity index (χ2n) is 4.47. The molecule has 16 heavy (non-hydrogen) atoms.